The Hall–Kier alpha value is -0.400. The van der Waals surface area contributed by atoms with Gasteiger partial charge in [0.1, 0.15) is 10.7 Å². The maximum absolute atomic E-state index is 13.9. The van der Waals surface area contributed by atoms with Gasteiger partial charge in [0.25, 0.3) is 0 Å². The largest absolute Gasteiger partial charge is 0.383 e. The summed E-state index contributed by atoms with van der Waals surface area (Å²) in [5.74, 6) is -1.05. The summed E-state index contributed by atoms with van der Waals surface area (Å²) in [6.07, 6.45) is 0. The molecule has 0 aliphatic carbocycles. The molecule has 0 radical (unpaired) electrons. The van der Waals surface area contributed by atoms with Crippen LogP contribution in [-0.4, -0.2) is 28.7 Å². The fraction of sp³-hybridized carbons (Fsp3) is 0.400. The van der Waals surface area contributed by atoms with Gasteiger partial charge in [-0.3, -0.25) is 0 Å². The highest BCUT2D eigenvalue weighted by atomic mass is 35.5. The average molecular weight is 316 g/mol. The number of halogens is 3. The third-order valence-electron chi connectivity index (χ3n) is 2.11. The minimum atomic E-state index is -3.97. The van der Waals surface area contributed by atoms with Crippen molar-refractivity contribution in [3.8, 4) is 0 Å². The number of alkyl halides is 1. The summed E-state index contributed by atoms with van der Waals surface area (Å²) < 4.78 is 44.4. The van der Waals surface area contributed by atoms with Crippen molar-refractivity contribution in [1.82, 2.24) is 4.72 Å². The zero-order chi connectivity index (χ0) is 13.8. The smallest absolute Gasteiger partial charge is 0.243 e. The average Bonchev–Trinajstić information content (AvgIpc) is 2.31. The lowest BCUT2D eigenvalue weighted by atomic mass is 10.2. The Labute approximate surface area is 115 Å². The predicted octanol–water partition coefficient (Wildman–Crippen LogP) is 2.14. The van der Waals surface area contributed by atoms with Crippen LogP contribution in [0.5, 0.6) is 0 Å². The summed E-state index contributed by atoms with van der Waals surface area (Å²) in [6, 6.07) is 2.33. The zero-order valence-corrected chi connectivity index (χ0v) is 11.9. The van der Waals surface area contributed by atoms with Crippen LogP contribution >= 0.6 is 23.2 Å². The van der Waals surface area contributed by atoms with Gasteiger partial charge in [0.2, 0.25) is 10.0 Å². The lowest BCUT2D eigenvalue weighted by molar-refractivity contribution is 0.204. The molecule has 0 bridgehead atoms. The first-order chi connectivity index (χ1) is 8.42. The molecule has 0 aliphatic rings. The number of methoxy groups -OCH3 is 1. The molecule has 0 amide bonds. The molecule has 0 spiro atoms. The van der Waals surface area contributed by atoms with Crippen molar-refractivity contribution in [3.63, 3.8) is 0 Å². The van der Waals surface area contributed by atoms with E-state index >= 15 is 0 Å². The molecule has 1 aromatic rings. The lowest BCUT2D eigenvalue weighted by Gasteiger charge is -2.10. The highest BCUT2D eigenvalue weighted by molar-refractivity contribution is 7.89. The van der Waals surface area contributed by atoms with Crippen molar-refractivity contribution in [2.75, 3.05) is 20.3 Å². The van der Waals surface area contributed by atoms with Crippen LogP contribution in [0.3, 0.4) is 0 Å². The molecule has 8 heteroatoms. The van der Waals surface area contributed by atoms with E-state index in [-0.39, 0.29) is 29.6 Å². The molecule has 1 rings (SSSR count). The Kier molecular flexibility index (Phi) is 5.81. The molecule has 0 heterocycles. The molecule has 0 unspecified atom stereocenters. The van der Waals surface area contributed by atoms with Crippen molar-refractivity contribution in [2.45, 2.75) is 10.8 Å². The number of sulfonamides is 1. The molecule has 1 N–H and O–H groups in total. The number of nitrogens with one attached hydrogen (secondary N) is 1. The molecule has 1 aromatic carbocycles. The van der Waals surface area contributed by atoms with Gasteiger partial charge >= 0.3 is 0 Å². The monoisotopic (exact) mass is 315 g/mol. The molecule has 102 valence electrons. The third-order valence-corrected chi connectivity index (χ3v) is 4.08. The second kappa shape index (κ2) is 6.68. The SMILES string of the molecule is COCCNS(=O)(=O)c1cc(Cl)cc(CCl)c1F. The normalized spacial score (nSPS) is 11.8. The van der Waals surface area contributed by atoms with Crippen molar-refractivity contribution < 1.29 is 17.5 Å². The highest BCUT2D eigenvalue weighted by Crippen LogP contribution is 2.24. The highest BCUT2D eigenvalue weighted by Gasteiger charge is 2.21. The molecule has 0 saturated heterocycles. The van der Waals surface area contributed by atoms with Crippen molar-refractivity contribution in [3.05, 3.63) is 28.5 Å². The number of benzene rings is 1. The van der Waals surface area contributed by atoms with Gasteiger partial charge in [0, 0.05) is 24.2 Å². The molecule has 18 heavy (non-hydrogen) atoms. The molecular weight excluding hydrogens is 304 g/mol. The standard InChI is InChI=1S/C10H12Cl2FNO3S/c1-17-3-2-14-18(15,16)9-5-8(12)4-7(6-11)10(9)13/h4-5,14H,2-3,6H2,1H3. The topological polar surface area (TPSA) is 55.4 Å². The van der Waals surface area contributed by atoms with E-state index in [4.69, 9.17) is 27.9 Å². The molecule has 4 nitrogen and oxygen atoms in total. The van der Waals surface area contributed by atoms with E-state index in [0.717, 1.165) is 6.07 Å². The van der Waals surface area contributed by atoms with E-state index in [1.54, 1.807) is 0 Å². The summed E-state index contributed by atoms with van der Waals surface area (Å²) >= 11 is 11.2. The fourth-order valence-electron chi connectivity index (χ4n) is 1.27. The maximum Gasteiger partial charge on any atom is 0.243 e. The fourth-order valence-corrected chi connectivity index (χ4v) is 2.92. The van der Waals surface area contributed by atoms with Crippen LogP contribution in [0.4, 0.5) is 4.39 Å². The Morgan fingerprint density at radius 3 is 2.67 bits per heavy atom. The predicted molar refractivity (Wildman–Crippen MR) is 68.0 cm³/mol. The second-order valence-corrected chi connectivity index (χ2v) is 5.84. The second-order valence-electron chi connectivity index (χ2n) is 3.40. The zero-order valence-electron chi connectivity index (χ0n) is 9.54. The first-order valence-corrected chi connectivity index (χ1v) is 7.34. The van der Waals surface area contributed by atoms with E-state index < -0.39 is 20.7 Å². The molecule has 0 saturated carbocycles. The van der Waals surface area contributed by atoms with Crippen LogP contribution < -0.4 is 4.72 Å². The molecule has 0 aliphatic heterocycles. The third kappa shape index (κ3) is 3.80. The Bertz CT molecular complexity index is 522. The summed E-state index contributed by atoms with van der Waals surface area (Å²) in [5, 5.41) is 0.110. The first-order valence-electron chi connectivity index (χ1n) is 4.95. The van der Waals surface area contributed by atoms with Crippen LogP contribution in [0.2, 0.25) is 5.02 Å². The quantitative estimate of drug-likeness (QED) is 0.646. The van der Waals surface area contributed by atoms with Crippen molar-refractivity contribution in [1.29, 1.82) is 0 Å². The minimum absolute atomic E-state index is 0.0382. The van der Waals surface area contributed by atoms with Gasteiger partial charge in [-0.15, -0.1) is 11.6 Å². The Morgan fingerprint density at radius 1 is 1.44 bits per heavy atom. The number of hydrogen-bond acceptors (Lipinski definition) is 3. The van der Waals surface area contributed by atoms with Gasteiger partial charge in [-0.25, -0.2) is 17.5 Å². The summed E-state index contributed by atoms with van der Waals surface area (Å²) in [4.78, 5) is -0.512. The van der Waals surface area contributed by atoms with Gasteiger partial charge in [-0.05, 0) is 12.1 Å². The van der Waals surface area contributed by atoms with E-state index in [0.29, 0.717) is 0 Å². The van der Waals surface area contributed by atoms with E-state index in [1.807, 2.05) is 0 Å². The van der Waals surface area contributed by atoms with E-state index in [1.165, 1.54) is 13.2 Å². The molecule has 0 aromatic heterocycles. The number of rotatable bonds is 6. The summed E-state index contributed by atoms with van der Waals surface area (Å²) in [5.41, 5.74) is 0.0382. The van der Waals surface area contributed by atoms with Crippen LogP contribution in [0.25, 0.3) is 0 Å². The molecular formula is C10H12Cl2FNO3S. The van der Waals surface area contributed by atoms with Gasteiger partial charge < -0.3 is 4.74 Å². The lowest BCUT2D eigenvalue weighted by Crippen LogP contribution is -2.28. The molecule has 0 atom stereocenters. The van der Waals surface area contributed by atoms with Crippen molar-refractivity contribution in [2.24, 2.45) is 0 Å². The summed E-state index contributed by atoms with van der Waals surface area (Å²) in [6.45, 7) is 0.227. The van der Waals surface area contributed by atoms with Crippen LogP contribution in [0, 0.1) is 5.82 Å². The number of ether oxygens (including phenoxy) is 1. The van der Waals surface area contributed by atoms with E-state index in [9.17, 15) is 12.8 Å². The Morgan fingerprint density at radius 2 is 2.11 bits per heavy atom. The van der Waals surface area contributed by atoms with Gasteiger partial charge in [-0.2, -0.15) is 0 Å². The van der Waals surface area contributed by atoms with Crippen molar-refractivity contribution >= 4 is 33.2 Å². The first kappa shape index (κ1) is 15.7. The minimum Gasteiger partial charge on any atom is -0.383 e. The summed E-state index contributed by atoms with van der Waals surface area (Å²) in [7, 11) is -2.54. The van der Waals surface area contributed by atoms with E-state index in [2.05, 4.69) is 4.72 Å². The van der Waals surface area contributed by atoms with Crippen LogP contribution in [-0.2, 0) is 20.6 Å². The molecule has 0 fully saturated rings. The van der Waals surface area contributed by atoms with Gasteiger partial charge in [0.15, 0.2) is 0 Å². The van der Waals surface area contributed by atoms with Gasteiger partial charge in [0.05, 0.1) is 12.5 Å². The van der Waals surface area contributed by atoms with Crippen LogP contribution in [0.1, 0.15) is 5.56 Å². The maximum atomic E-state index is 13.9. The Balaban J connectivity index is 3.12. The van der Waals surface area contributed by atoms with Crippen LogP contribution in [0.15, 0.2) is 17.0 Å². The van der Waals surface area contributed by atoms with Gasteiger partial charge in [-0.1, -0.05) is 11.6 Å². The number of hydrogen-bond donors (Lipinski definition) is 1.